The zero-order valence-corrected chi connectivity index (χ0v) is 13.0. The van der Waals surface area contributed by atoms with Crippen LogP contribution in [0.15, 0.2) is 41.0 Å². The molecule has 2 aromatic rings. The molecule has 112 valence electrons. The Hall–Kier alpha value is -1.74. The molecule has 3 nitrogen and oxygen atoms in total. The topological polar surface area (TPSA) is 34.4 Å². The Kier molecular flexibility index (Phi) is 3.77. The largest absolute Gasteiger partial charge is 0.487 e. The highest BCUT2D eigenvalue weighted by Crippen LogP contribution is 2.37. The summed E-state index contributed by atoms with van der Waals surface area (Å²) in [6, 6.07) is 10.7. The number of fused-ring (bicyclic) bond motifs is 1. The Labute approximate surface area is 126 Å². The molecular formula is C18H23NO2. The minimum atomic E-state index is -0.0851. The Bertz CT molecular complexity index is 602. The maximum atomic E-state index is 6.11. The maximum Gasteiger partial charge on any atom is 0.127 e. The molecule has 0 radical (unpaired) electrons. The van der Waals surface area contributed by atoms with Crippen LogP contribution >= 0.6 is 0 Å². The molecule has 1 aliphatic rings. The monoisotopic (exact) mass is 285 g/mol. The molecule has 3 rings (SSSR count). The summed E-state index contributed by atoms with van der Waals surface area (Å²) >= 11 is 0. The molecule has 0 saturated carbocycles. The van der Waals surface area contributed by atoms with Crippen molar-refractivity contribution in [3.05, 3.63) is 53.5 Å². The van der Waals surface area contributed by atoms with E-state index in [1.165, 1.54) is 11.1 Å². The molecule has 3 heteroatoms. The van der Waals surface area contributed by atoms with E-state index in [0.717, 1.165) is 30.9 Å². The first-order valence-electron chi connectivity index (χ1n) is 7.59. The van der Waals surface area contributed by atoms with Crippen molar-refractivity contribution in [3.8, 4) is 5.75 Å². The molecule has 1 aliphatic heterocycles. The Morgan fingerprint density at radius 1 is 1.24 bits per heavy atom. The first-order valence-corrected chi connectivity index (χ1v) is 7.59. The van der Waals surface area contributed by atoms with Gasteiger partial charge in [0, 0.05) is 31.0 Å². The van der Waals surface area contributed by atoms with E-state index in [1.54, 1.807) is 6.26 Å². The highest BCUT2D eigenvalue weighted by Gasteiger charge is 2.31. The van der Waals surface area contributed by atoms with Crippen LogP contribution in [0.5, 0.6) is 5.75 Å². The summed E-state index contributed by atoms with van der Waals surface area (Å²) in [5.41, 5.74) is 2.47. The summed E-state index contributed by atoms with van der Waals surface area (Å²) in [7, 11) is 0. The van der Waals surface area contributed by atoms with E-state index in [0.29, 0.717) is 6.04 Å². The van der Waals surface area contributed by atoms with Gasteiger partial charge in [-0.05, 0) is 38.5 Å². The van der Waals surface area contributed by atoms with Gasteiger partial charge in [0.25, 0.3) is 0 Å². The minimum absolute atomic E-state index is 0.0851. The summed E-state index contributed by atoms with van der Waals surface area (Å²) < 4.78 is 11.5. The fraction of sp³-hybridized carbons (Fsp3) is 0.444. The molecule has 1 N–H and O–H groups in total. The molecule has 1 aromatic carbocycles. The Morgan fingerprint density at radius 3 is 2.86 bits per heavy atom. The van der Waals surface area contributed by atoms with E-state index in [2.05, 4.69) is 44.3 Å². The van der Waals surface area contributed by atoms with Crippen LogP contribution in [0.1, 0.15) is 37.7 Å². The van der Waals surface area contributed by atoms with Crippen molar-refractivity contribution in [2.24, 2.45) is 0 Å². The van der Waals surface area contributed by atoms with Crippen LogP contribution in [0, 0.1) is 0 Å². The lowest BCUT2D eigenvalue weighted by Gasteiger charge is -2.19. The molecule has 0 bridgehead atoms. The third-order valence-electron chi connectivity index (χ3n) is 3.90. The Balaban J connectivity index is 1.63. The van der Waals surface area contributed by atoms with Crippen LogP contribution in [-0.4, -0.2) is 11.6 Å². The summed E-state index contributed by atoms with van der Waals surface area (Å²) in [5, 5.41) is 3.55. The number of hydrogen-bond acceptors (Lipinski definition) is 3. The van der Waals surface area contributed by atoms with E-state index in [-0.39, 0.29) is 5.60 Å². The van der Waals surface area contributed by atoms with Gasteiger partial charge in [0.15, 0.2) is 0 Å². The zero-order valence-electron chi connectivity index (χ0n) is 13.0. The van der Waals surface area contributed by atoms with E-state index in [1.807, 2.05) is 12.1 Å². The average molecular weight is 285 g/mol. The number of benzene rings is 1. The van der Waals surface area contributed by atoms with Gasteiger partial charge in [-0.15, -0.1) is 0 Å². The van der Waals surface area contributed by atoms with E-state index in [4.69, 9.17) is 9.15 Å². The molecule has 21 heavy (non-hydrogen) atoms. The number of nitrogens with one attached hydrogen (secondary N) is 1. The molecule has 1 unspecified atom stereocenters. The van der Waals surface area contributed by atoms with Crippen molar-refractivity contribution in [1.29, 1.82) is 0 Å². The average Bonchev–Trinajstić information content (AvgIpc) is 3.01. The third-order valence-corrected chi connectivity index (χ3v) is 3.90. The first kappa shape index (κ1) is 14.2. The minimum Gasteiger partial charge on any atom is -0.487 e. The number of hydrogen-bond donors (Lipinski definition) is 1. The molecule has 0 spiro atoms. The maximum absolute atomic E-state index is 6.11. The smallest absolute Gasteiger partial charge is 0.127 e. The number of rotatable bonds is 5. The fourth-order valence-corrected chi connectivity index (χ4v) is 2.91. The summed E-state index contributed by atoms with van der Waals surface area (Å²) in [4.78, 5) is 0. The van der Waals surface area contributed by atoms with Gasteiger partial charge in [-0.1, -0.05) is 18.2 Å². The van der Waals surface area contributed by atoms with Crippen molar-refractivity contribution < 1.29 is 9.15 Å². The number of ether oxygens (including phenoxy) is 1. The van der Waals surface area contributed by atoms with Gasteiger partial charge >= 0.3 is 0 Å². The van der Waals surface area contributed by atoms with Gasteiger partial charge in [0.1, 0.15) is 17.1 Å². The number of para-hydroxylation sites is 1. The van der Waals surface area contributed by atoms with Gasteiger partial charge in [-0.25, -0.2) is 0 Å². The predicted octanol–water partition coefficient (Wildman–Crippen LogP) is 3.71. The molecule has 0 amide bonds. The zero-order chi connectivity index (χ0) is 14.9. The standard InChI is InChI=1S/C18H23NO2/c1-13(10-16-8-5-9-20-16)19-12-15-7-4-6-14-11-18(2,3)21-17(14)15/h4-9,13,19H,10-12H2,1-3H3. The van der Waals surface area contributed by atoms with E-state index < -0.39 is 0 Å². The molecule has 0 fully saturated rings. The second-order valence-electron chi connectivity index (χ2n) is 6.51. The van der Waals surface area contributed by atoms with Crippen molar-refractivity contribution in [2.75, 3.05) is 0 Å². The second kappa shape index (κ2) is 5.57. The lowest BCUT2D eigenvalue weighted by molar-refractivity contribution is 0.137. The van der Waals surface area contributed by atoms with Crippen LogP contribution < -0.4 is 10.1 Å². The molecule has 1 aromatic heterocycles. The highest BCUT2D eigenvalue weighted by atomic mass is 16.5. The summed E-state index contributed by atoms with van der Waals surface area (Å²) in [5.74, 6) is 2.09. The van der Waals surface area contributed by atoms with Gasteiger partial charge in [0.2, 0.25) is 0 Å². The highest BCUT2D eigenvalue weighted by molar-refractivity contribution is 5.45. The van der Waals surface area contributed by atoms with E-state index >= 15 is 0 Å². The van der Waals surface area contributed by atoms with Crippen molar-refractivity contribution >= 4 is 0 Å². The quantitative estimate of drug-likeness (QED) is 0.909. The SMILES string of the molecule is CC(Cc1ccco1)NCc1cccc2c1OC(C)(C)C2. The fourth-order valence-electron chi connectivity index (χ4n) is 2.91. The van der Waals surface area contributed by atoms with Gasteiger partial charge in [0.05, 0.1) is 6.26 Å². The molecule has 0 saturated heterocycles. The van der Waals surface area contributed by atoms with Gasteiger partial charge in [-0.3, -0.25) is 0 Å². The van der Waals surface area contributed by atoms with Crippen molar-refractivity contribution in [3.63, 3.8) is 0 Å². The number of furan rings is 1. The van der Waals surface area contributed by atoms with Gasteiger partial charge < -0.3 is 14.5 Å². The normalized spacial score (nSPS) is 17.3. The van der Waals surface area contributed by atoms with Crippen LogP contribution in [-0.2, 0) is 19.4 Å². The lowest BCUT2D eigenvalue weighted by Crippen LogP contribution is -2.28. The Morgan fingerprint density at radius 2 is 2.10 bits per heavy atom. The van der Waals surface area contributed by atoms with Crippen LogP contribution in [0.3, 0.4) is 0 Å². The third kappa shape index (κ3) is 3.30. The molecule has 2 heterocycles. The van der Waals surface area contributed by atoms with Gasteiger partial charge in [-0.2, -0.15) is 0 Å². The van der Waals surface area contributed by atoms with E-state index in [9.17, 15) is 0 Å². The summed E-state index contributed by atoms with van der Waals surface area (Å²) in [6.07, 6.45) is 3.61. The molecular weight excluding hydrogens is 262 g/mol. The lowest BCUT2D eigenvalue weighted by atomic mass is 10.0. The predicted molar refractivity (Wildman–Crippen MR) is 83.6 cm³/mol. The molecule has 1 atom stereocenters. The van der Waals surface area contributed by atoms with Crippen molar-refractivity contribution in [2.45, 2.75) is 51.8 Å². The second-order valence-corrected chi connectivity index (χ2v) is 6.51. The van der Waals surface area contributed by atoms with Crippen LogP contribution in [0.25, 0.3) is 0 Å². The van der Waals surface area contributed by atoms with Crippen LogP contribution in [0.2, 0.25) is 0 Å². The first-order chi connectivity index (χ1) is 10.0. The molecule has 0 aliphatic carbocycles. The summed E-state index contributed by atoms with van der Waals surface area (Å²) in [6.45, 7) is 7.28. The van der Waals surface area contributed by atoms with Crippen LogP contribution in [0.4, 0.5) is 0 Å². The van der Waals surface area contributed by atoms with Crippen molar-refractivity contribution in [1.82, 2.24) is 5.32 Å².